The molecule has 1 atom stereocenters. The molecule has 1 aromatic carbocycles. The van der Waals surface area contributed by atoms with Gasteiger partial charge in [-0.05, 0) is 49.4 Å². The van der Waals surface area contributed by atoms with Crippen LogP contribution in [0.25, 0.3) is 0 Å². The molecule has 2 rings (SSSR count). The highest BCUT2D eigenvalue weighted by Gasteiger charge is 2.31. The summed E-state index contributed by atoms with van der Waals surface area (Å²) in [6.45, 7) is 1.36. The van der Waals surface area contributed by atoms with E-state index in [1.807, 2.05) is 6.07 Å². The van der Waals surface area contributed by atoms with Crippen molar-refractivity contribution in [3.8, 4) is 0 Å². The molecule has 0 saturated carbocycles. The smallest absolute Gasteiger partial charge is 0.324 e. The summed E-state index contributed by atoms with van der Waals surface area (Å²) < 4.78 is 29.0. The van der Waals surface area contributed by atoms with Crippen LogP contribution in [-0.2, 0) is 32.2 Å². The molecule has 0 saturated heterocycles. The lowest BCUT2D eigenvalue weighted by atomic mass is 10.1. The van der Waals surface area contributed by atoms with Crippen LogP contribution in [0.15, 0.2) is 23.1 Å². The zero-order valence-corrected chi connectivity index (χ0v) is 11.3. The molecule has 0 fully saturated rings. The molecule has 0 aliphatic heterocycles. The number of carbonyl (C=O) groups is 1. The molecule has 4 nitrogen and oxygen atoms in total. The van der Waals surface area contributed by atoms with Gasteiger partial charge in [-0.1, -0.05) is 6.07 Å². The van der Waals surface area contributed by atoms with Crippen LogP contribution in [0.5, 0.6) is 0 Å². The highest BCUT2D eigenvalue weighted by atomic mass is 32.2. The van der Waals surface area contributed by atoms with Crippen LogP contribution in [0, 0.1) is 0 Å². The van der Waals surface area contributed by atoms with Gasteiger partial charge in [0.15, 0.2) is 15.1 Å². The highest BCUT2D eigenvalue weighted by Crippen LogP contribution is 2.26. The van der Waals surface area contributed by atoms with Crippen LogP contribution < -0.4 is 0 Å². The van der Waals surface area contributed by atoms with Gasteiger partial charge in [-0.2, -0.15) is 0 Å². The summed E-state index contributed by atoms with van der Waals surface area (Å²) in [7, 11) is -2.45. The van der Waals surface area contributed by atoms with Gasteiger partial charge in [0.05, 0.1) is 12.0 Å². The summed E-state index contributed by atoms with van der Waals surface area (Å²) in [6, 6.07) is 5.12. The Labute approximate surface area is 107 Å². The van der Waals surface area contributed by atoms with E-state index < -0.39 is 21.1 Å². The number of esters is 1. The van der Waals surface area contributed by atoms with Crippen LogP contribution in [0.2, 0.25) is 0 Å². The number of rotatable bonds is 3. The van der Waals surface area contributed by atoms with Crippen LogP contribution in [-0.4, -0.2) is 26.7 Å². The number of fused-ring (bicyclic) bond motifs is 1. The Morgan fingerprint density at radius 3 is 2.61 bits per heavy atom. The number of hydrogen-bond acceptors (Lipinski definition) is 4. The van der Waals surface area contributed by atoms with Crippen LogP contribution in [0.4, 0.5) is 0 Å². The van der Waals surface area contributed by atoms with E-state index in [2.05, 4.69) is 4.74 Å². The van der Waals surface area contributed by atoms with Crippen molar-refractivity contribution in [1.82, 2.24) is 0 Å². The number of carbonyl (C=O) groups excluding carboxylic acids is 1. The highest BCUT2D eigenvalue weighted by molar-refractivity contribution is 7.92. The van der Waals surface area contributed by atoms with E-state index in [4.69, 9.17) is 0 Å². The van der Waals surface area contributed by atoms with E-state index in [1.165, 1.54) is 19.6 Å². The van der Waals surface area contributed by atoms with Crippen molar-refractivity contribution in [3.05, 3.63) is 29.3 Å². The molecule has 1 unspecified atom stereocenters. The van der Waals surface area contributed by atoms with Crippen molar-refractivity contribution < 1.29 is 17.9 Å². The van der Waals surface area contributed by atoms with E-state index >= 15 is 0 Å². The third-order valence-corrected chi connectivity index (χ3v) is 5.43. The number of benzene rings is 1. The summed E-state index contributed by atoms with van der Waals surface area (Å²) in [4.78, 5) is 11.6. The molecule has 0 radical (unpaired) electrons. The molecule has 0 N–H and O–H groups in total. The number of hydrogen-bond donors (Lipinski definition) is 0. The number of aryl methyl sites for hydroxylation is 2. The van der Waals surface area contributed by atoms with Crippen molar-refractivity contribution in [2.45, 2.75) is 36.3 Å². The Bertz CT molecular complexity index is 575. The molecule has 0 spiro atoms. The first kappa shape index (κ1) is 13.1. The molecule has 98 valence electrons. The molecular formula is C13H16O4S. The SMILES string of the molecule is COC(=O)C(C)S(=O)(=O)c1ccc2c(c1)CCC2. The van der Waals surface area contributed by atoms with E-state index in [9.17, 15) is 13.2 Å². The maximum absolute atomic E-state index is 12.2. The van der Waals surface area contributed by atoms with Gasteiger partial charge < -0.3 is 4.74 Å². The third-order valence-electron chi connectivity index (χ3n) is 3.40. The van der Waals surface area contributed by atoms with Crippen LogP contribution >= 0.6 is 0 Å². The second-order valence-electron chi connectivity index (χ2n) is 4.49. The van der Waals surface area contributed by atoms with Crippen molar-refractivity contribution in [1.29, 1.82) is 0 Å². The van der Waals surface area contributed by atoms with Crippen molar-refractivity contribution in [2.24, 2.45) is 0 Å². The number of sulfone groups is 1. The monoisotopic (exact) mass is 268 g/mol. The van der Waals surface area contributed by atoms with Gasteiger partial charge in [-0.25, -0.2) is 8.42 Å². The van der Waals surface area contributed by atoms with Gasteiger partial charge in [-0.3, -0.25) is 4.79 Å². The van der Waals surface area contributed by atoms with Crippen molar-refractivity contribution >= 4 is 15.8 Å². The van der Waals surface area contributed by atoms with Crippen molar-refractivity contribution in [3.63, 3.8) is 0 Å². The quantitative estimate of drug-likeness (QED) is 0.780. The Kier molecular flexibility index (Phi) is 3.43. The fourth-order valence-electron chi connectivity index (χ4n) is 2.22. The predicted molar refractivity (Wildman–Crippen MR) is 67.1 cm³/mol. The summed E-state index contributed by atoms with van der Waals surface area (Å²) in [6.07, 6.45) is 2.97. The average Bonchev–Trinajstić information content (AvgIpc) is 2.83. The normalized spacial score (nSPS) is 16.1. The molecule has 0 aromatic heterocycles. The molecule has 0 heterocycles. The molecule has 0 bridgehead atoms. The molecule has 1 aromatic rings. The summed E-state index contributed by atoms with van der Waals surface area (Å²) in [5.74, 6) is -0.726. The maximum Gasteiger partial charge on any atom is 0.324 e. The summed E-state index contributed by atoms with van der Waals surface area (Å²) in [5, 5.41) is -1.16. The minimum absolute atomic E-state index is 0.209. The largest absolute Gasteiger partial charge is 0.468 e. The Hall–Kier alpha value is -1.36. The van der Waals surface area contributed by atoms with Crippen molar-refractivity contribution in [2.75, 3.05) is 7.11 Å². The topological polar surface area (TPSA) is 60.4 Å². The van der Waals surface area contributed by atoms with Gasteiger partial charge >= 0.3 is 5.97 Å². The molecule has 1 aliphatic carbocycles. The van der Waals surface area contributed by atoms with Crippen LogP contribution in [0.1, 0.15) is 24.5 Å². The molecule has 18 heavy (non-hydrogen) atoms. The van der Waals surface area contributed by atoms with E-state index in [0.717, 1.165) is 24.8 Å². The van der Waals surface area contributed by atoms with Gasteiger partial charge in [0.2, 0.25) is 0 Å². The van der Waals surface area contributed by atoms with E-state index in [1.54, 1.807) is 12.1 Å². The zero-order chi connectivity index (χ0) is 13.3. The molecule has 1 aliphatic rings. The fourth-order valence-corrected chi connectivity index (χ4v) is 3.54. The first-order valence-electron chi connectivity index (χ1n) is 5.90. The van der Waals surface area contributed by atoms with Gasteiger partial charge in [0, 0.05) is 0 Å². The minimum Gasteiger partial charge on any atom is -0.468 e. The number of methoxy groups -OCH3 is 1. The fraction of sp³-hybridized carbons (Fsp3) is 0.462. The van der Waals surface area contributed by atoms with Gasteiger partial charge in [0.25, 0.3) is 0 Å². The zero-order valence-electron chi connectivity index (χ0n) is 10.5. The van der Waals surface area contributed by atoms with E-state index in [-0.39, 0.29) is 4.90 Å². The molecule has 0 amide bonds. The molecular weight excluding hydrogens is 252 g/mol. The lowest BCUT2D eigenvalue weighted by Crippen LogP contribution is -2.28. The Morgan fingerprint density at radius 1 is 1.28 bits per heavy atom. The third kappa shape index (κ3) is 2.14. The number of ether oxygens (including phenoxy) is 1. The Balaban J connectivity index is 2.39. The first-order valence-corrected chi connectivity index (χ1v) is 7.45. The second kappa shape index (κ2) is 4.72. The maximum atomic E-state index is 12.2. The minimum atomic E-state index is -3.65. The second-order valence-corrected chi connectivity index (χ2v) is 6.76. The van der Waals surface area contributed by atoms with Crippen LogP contribution in [0.3, 0.4) is 0 Å². The summed E-state index contributed by atoms with van der Waals surface area (Å²) in [5.41, 5.74) is 2.29. The first-order chi connectivity index (χ1) is 8.46. The van der Waals surface area contributed by atoms with Gasteiger partial charge in [0.1, 0.15) is 0 Å². The molecule has 5 heteroatoms. The predicted octanol–water partition coefficient (Wildman–Crippen LogP) is 1.51. The van der Waals surface area contributed by atoms with E-state index in [0.29, 0.717) is 0 Å². The standard InChI is InChI=1S/C13H16O4S/c1-9(13(14)17-2)18(15,16)12-7-6-10-4-3-5-11(10)8-12/h6-9H,3-5H2,1-2H3. The lowest BCUT2D eigenvalue weighted by Gasteiger charge is -2.12. The Morgan fingerprint density at radius 2 is 1.94 bits per heavy atom. The van der Waals surface area contributed by atoms with Gasteiger partial charge in [-0.15, -0.1) is 0 Å². The summed E-state index contributed by atoms with van der Waals surface area (Å²) >= 11 is 0. The average molecular weight is 268 g/mol. The lowest BCUT2D eigenvalue weighted by molar-refractivity contribution is -0.139.